The van der Waals surface area contributed by atoms with Crippen molar-refractivity contribution >= 4 is 22.4 Å². The van der Waals surface area contributed by atoms with Gasteiger partial charge in [-0.05, 0) is 81.1 Å². The molecule has 1 saturated carbocycles. The molecule has 0 unspecified atom stereocenters. The molecule has 6 heteroatoms. The minimum atomic E-state index is -0.208. The van der Waals surface area contributed by atoms with Crippen LogP contribution in [0.5, 0.6) is 0 Å². The summed E-state index contributed by atoms with van der Waals surface area (Å²) in [5, 5.41) is 14.4. The largest absolute Gasteiger partial charge is 0.393 e. The Hall–Kier alpha value is -4.03. The van der Waals surface area contributed by atoms with Crippen LogP contribution in [-0.4, -0.2) is 31.8 Å². The zero-order valence-electron chi connectivity index (χ0n) is 20.3. The number of benzene rings is 3. The first-order chi connectivity index (χ1) is 17.6. The van der Waals surface area contributed by atoms with E-state index in [1.54, 1.807) is 6.20 Å². The van der Waals surface area contributed by atoms with Crippen molar-refractivity contribution in [2.24, 2.45) is 4.99 Å². The maximum atomic E-state index is 9.99. The van der Waals surface area contributed by atoms with Gasteiger partial charge in [-0.15, -0.1) is 0 Å². The zero-order valence-corrected chi connectivity index (χ0v) is 20.3. The van der Waals surface area contributed by atoms with Crippen LogP contribution in [0.1, 0.15) is 31.2 Å². The molecular weight excluding hydrogens is 446 g/mol. The van der Waals surface area contributed by atoms with Crippen molar-refractivity contribution in [1.29, 1.82) is 0 Å². The Balaban J connectivity index is 1.60. The number of hydrogen-bond donors (Lipinski definition) is 2. The summed E-state index contributed by atoms with van der Waals surface area (Å²) in [6.45, 7) is 2.10. The average molecular weight is 476 g/mol. The van der Waals surface area contributed by atoms with Gasteiger partial charge in [-0.2, -0.15) is 0 Å². The summed E-state index contributed by atoms with van der Waals surface area (Å²) in [6.07, 6.45) is 6.73. The van der Waals surface area contributed by atoms with Crippen LogP contribution in [0.15, 0.2) is 90.2 Å². The zero-order chi connectivity index (χ0) is 24.5. The van der Waals surface area contributed by atoms with Crippen molar-refractivity contribution in [3.8, 4) is 17.1 Å². The number of fused-ring (bicyclic) bond motifs is 2. The third-order valence-electron chi connectivity index (χ3n) is 6.92. The topological polar surface area (TPSA) is 75.3 Å². The number of pyridine rings is 1. The van der Waals surface area contributed by atoms with Crippen molar-refractivity contribution < 1.29 is 5.11 Å². The number of rotatable bonds is 4. The molecule has 180 valence electrons. The molecule has 3 aliphatic rings. The molecule has 0 spiro atoms. The molecule has 36 heavy (non-hydrogen) atoms. The van der Waals surface area contributed by atoms with Gasteiger partial charge in [0.1, 0.15) is 0 Å². The summed E-state index contributed by atoms with van der Waals surface area (Å²) in [4.78, 5) is 14.5. The monoisotopic (exact) mass is 475 g/mol. The van der Waals surface area contributed by atoms with Crippen LogP contribution in [0, 0.1) is 6.92 Å². The lowest BCUT2D eigenvalue weighted by Crippen LogP contribution is -2.24. The van der Waals surface area contributed by atoms with Gasteiger partial charge in [0, 0.05) is 11.9 Å². The second-order valence-corrected chi connectivity index (χ2v) is 9.59. The van der Waals surface area contributed by atoms with E-state index in [-0.39, 0.29) is 12.1 Å². The summed E-state index contributed by atoms with van der Waals surface area (Å²) in [6, 6.07) is 25.2. The van der Waals surface area contributed by atoms with E-state index in [1.807, 2.05) is 24.4 Å². The molecular formula is C30H29N5O. The summed E-state index contributed by atoms with van der Waals surface area (Å²) < 4.78 is 2.27. The van der Waals surface area contributed by atoms with Crippen molar-refractivity contribution in [2.75, 3.05) is 5.32 Å². The lowest BCUT2D eigenvalue weighted by Gasteiger charge is -2.23. The normalized spacial score (nSPS) is 18.6. The number of nitrogens with zero attached hydrogens (tertiary/aromatic N) is 4. The molecule has 2 heterocycles. The summed E-state index contributed by atoms with van der Waals surface area (Å²) in [5.41, 5.74) is 7.99. The highest BCUT2D eigenvalue weighted by atomic mass is 16.3. The SMILES string of the molecule is Cc1ccc(-n2c3c/c(=N\C4CCC(O)CC4)c(Nc4cccnc4)cc-3nc3ccccc32)cc1. The standard InChI is InChI=1S/C30H29N5O/c1-20-8-12-23(13-9-20)35-29-7-3-2-6-25(29)34-28-17-26(33-22-5-4-16-31-19-22)27(18-30(28)35)32-21-10-14-24(36)15-11-21/h2-9,12-13,16-19,21,24,33,36H,10-11,14-15H2,1H3/b32-27+. The Bertz CT molecular complexity index is 1530. The van der Waals surface area contributed by atoms with Crippen LogP contribution in [0.25, 0.3) is 28.1 Å². The molecule has 0 bridgehead atoms. The first-order valence-electron chi connectivity index (χ1n) is 12.6. The van der Waals surface area contributed by atoms with E-state index in [4.69, 9.17) is 9.98 Å². The fourth-order valence-electron chi connectivity index (χ4n) is 5.00. The number of nitrogens with one attached hydrogen (secondary N) is 1. The summed E-state index contributed by atoms with van der Waals surface area (Å²) in [7, 11) is 0. The van der Waals surface area contributed by atoms with Gasteiger partial charge in [0.25, 0.3) is 0 Å². The van der Waals surface area contributed by atoms with Crippen LogP contribution >= 0.6 is 0 Å². The van der Waals surface area contributed by atoms with E-state index in [1.165, 1.54) is 5.56 Å². The van der Waals surface area contributed by atoms with Crippen LogP contribution in [0.2, 0.25) is 0 Å². The fraction of sp³-hybridized carbons (Fsp3) is 0.233. The highest BCUT2D eigenvalue weighted by Crippen LogP contribution is 2.31. The molecule has 1 fully saturated rings. The Morgan fingerprint density at radius 1 is 0.944 bits per heavy atom. The van der Waals surface area contributed by atoms with Crippen molar-refractivity contribution in [2.45, 2.75) is 44.8 Å². The Kier molecular flexibility index (Phi) is 5.95. The number of hydrogen-bond acceptors (Lipinski definition) is 5. The van der Waals surface area contributed by atoms with Crippen LogP contribution < -0.4 is 10.7 Å². The molecule has 1 aliphatic heterocycles. The van der Waals surface area contributed by atoms with Crippen molar-refractivity contribution in [3.05, 3.63) is 96.1 Å². The number of aromatic nitrogens is 3. The minimum Gasteiger partial charge on any atom is -0.393 e. The molecule has 3 aromatic rings. The third-order valence-corrected chi connectivity index (χ3v) is 6.92. The minimum absolute atomic E-state index is 0.182. The molecule has 6 nitrogen and oxygen atoms in total. The smallest absolute Gasteiger partial charge is 0.0900 e. The molecule has 0 atom stereocenters. The van der Waals surface area contributed by atoms with Gasteiger partial charge >= 0.3 is 0 Å². The lowest BCUT2D eigenvalue weighted by molar-refractivity contribution is 0.123. The highest BCUT2D eigenvalue weighted by Gasteiger charge is 2.20. The molecule has 0 saturated heterocycles. The first-order valence-corrected chi connectivity index (χ1v) is 12.6. The van der Waals surface area contributed by atoms with Crippen LogP contribution in [0.4, 0.5) is 11.4 Å². The predicted octanol–water partition coefficient (Wildman–Crippen LogP) is 5.78. The first kappa shape index (κ1) is 22.4. The fourth-order valence-corrected chi connectivity index (χ4v) is 5.00. The Morgan fingerprint density at radius 3 is 2.53 bits per heavy atom. The quantitative estimate of drug-likeness (QED) is 0.323. The van der Waals surface area contributed by atoms with Gasteiger partial charge in [-0.25, -0.2) is 4.98 Å². The molecule has 6 rings (SSSR count). The second kappa shape index (κ2) is 9.55. The number of aliphatic hydroxyl groups excluding tert-OH is 1. The van der Waals surface area contributed by atoms with Gasteiger partial charge in [-0.1, -0.05) is 29.8 Å². The van der Waals surface area contributed by atoms with Crippen molar-refractivity contribution in [1.82, 2.24) is 14.5 Å². The van der Waals surface area contributed by atoms with E-state index in [0.717, 1.165) is 70.5 Å². The molecule has 2 aromatic carbocycles. The van der Waals surface area contributed by atoms with Crippen LogP contribution in [0.3, 0.4) is 0 Å². The molecule has 0 radical (unpaired) electrons. The van der Waals surface area contributed by atoms with E-state index in [0.29, 0.717) is 0 Å². The van der Waals surface area contributed by atoms with E-state index < -0.39 is 0 Å². The lowest BCUT2D eigenvalue weighted by atomic mass is 9.93. The van der Waals surface area contributed by atoms with Crippen molar-refractivity contribution in [3.63, 3.8) is 0 Å². The number of aryl methyl sites for hydroxylation is 1. The van der Waals surface area contributed by atoms with Gasteiger partial charge in [-0.3, -0.25) is 9.98 Å². The van der Waals surface area contributed by atoms with Crippen LogP contribution in [-0.2, 0) is 0 Å². The maximum Gasteiger partial charge on any atom is 0.0900 e. The van der Waals surface area contributed by atoms with Gasteiger partial charge < -0.3 is 15.0 Å². The summed E-state index contributed by atoms with van der Waals surface area (Å²) in [5.74, 6) is 0. The highest BCUT2D eigenvalue weighted by molar-refractivity contribution is 5.84. The van der Waals surface area contributed by atoms with E-state index >= 15 is 0 Å². The maximum absolute atomic E-state index is 9.99. The van der Waals surface area contributed by atoms with E-state index in [9.17, 15) is 5.11 Å². The van der Waals surface area contributed by atoms with Gasteiger partial charge in [0.05, 0.1) is 57.5 Å². The summed E-state index contributed by atoms with van der Waals surface area (Å²) >= 11 is 0. The predicted molar refractivity (Wildman–Crippen MR) is 144 cm³/mol. The number of aliphatic hydroxyl groups is 1. The number of anilines is 2. The molecule has 2 aliphatic carbocycles. The molecule has 0 amide bonds. The number of para-hydroxylation sites is 2. The molecule has 2 N–H and O–H groups in total. The third kappa shape index (κ3) is 4.48. The van der Waals surface area contributed by atoms with Gasteiger partial charge in [0.2, 0.25) is 0 Å². The second-order valence-electron chi connectivity index (χ2n) is 9.59. The average Bonchev–Trinajstić information content (AvgIpc) is 2.90. The molecule has 1 aromatic heterocycles. The van der Waals surface area contributed by atoms with Gasteiger partial charge in [0.15, 0.2) is 0 Å². The van der Waals surface area contributed by atoms with E-state index in [2.05, 4.69) is 76.4 Å². The Labute approximate surface area is 210 Å². The Morgan fingerprint density at radius 2 is 1.75 bits per heavy atom.